The van der Waals surface area contributed by atoms with Crippen molar-refractivity contribution >= 4 is 6.01 Å². The van der Waals surface area contributed by atoms with Crippen molar-refractivity contribution in [2.45, 2.75) is 38.1 Å². The van der Waals surface area contributed by atoms with E-state index in [1.807, 2.05) is 18.2 Å². The molecule has 0 amide bonds. The highest BCUT2D eigenvalue weighted by molar-refractivity contribution is 5.19. The smallest absolute Gasteiger partial charge is 0.315 e. The van der Waals surface area contributed by atoms with Crippen LogP contribution in [0.25, 0.3) is 0 Å². The summed E-state index contributed by atoms with van der Waals surface area (Å²) in [7, 11) is 0. The van der Waals surface area contributed by atoms with E-state index in [1.165, 1.54) is 44.5 Å². The molecule has 1 aromatic heterocycles. The van der Waals surface area contributed by atoms with Crippen molar-refractivity contribution in [3.63, 3.8) is 0 Å². The maximum absolute atomic E-state index is 6.16. The zero-order valence-electron chi connectivity index (χ0n) is 14.2. The predicted octanol–water partition coefficient (Wildman–Crippen LogP) is 2.60. The number of nitrogens with zero attached hydrogens (tertiary/aromatic N) is 3. The lowest BCUT2D eigenvalue weighted by Gasteiger charge is -2.13. The van der Waals surface area contributed by atoms with Crippen LogP contribution in [0.2, 0.25) is 0 Å². The molecule has 1 saturated heterocycles. The Hall–Kier alpha value is -1.92. The van der Waals surface area contributed by atoms with Gasteiger partial charge in [-0.2, -0.15) is 0 Å². The zero-order valence-corrected chi connectivity index (χ0v) is 14.2. The zero-order chi connectivity index (χ0) is 16.6. The Morgan fingerprint density at radius 2 is 1.92 bits per heavy atom. The lowest BCUT2D eigenvalue weighted by atomic mass is 10.1. The summed E-state index contributed by atoms with van der Waals surface area (Å²) in [6.45, 7) is 4.57. The molecule has 0 saturated carbocycles. The van der Waals surface area contributed by atoms with E-state index in [9.17, 15) is 0 Å². The third-order valence-corrected chi connectivity index (χ3v) is 4.43. The number of hydrogen-bond acceptors (Lipinski definition) is 6. The van der Waals surface area contributed by atoms with Crippen molar-refractivity contribution in [1.29, 1.82) is 0 Å². The molecular formula is C18H27N5O. The van der Waals surface area contributed by atoms with Gasteiger partial charge in [0.25, 0.3) is 0 Å². The Labute approximate surface area is 143 Å². The number of aromatic nitrogens is 2. The van der Waals surface area contributed by atoms with Gasteiger partial charge in [0.1, 0.15) is 0 Å². The van der Waals surface area contributed by atoms with E-state index in [0.717, 1.165) is 13.0 Å². The third-order valence-electron chi connectivity index (χ3n) is 4.43. The fourth-order valence-corrected chi connectivity index (χ4v) is 3.07. The summed E-state index contributed by atoms with van der Waals surface area (Å²) >= 11 is 0. The first-order valence-corrected chi connectivity index (χ1v) is 8.90. The Morgan fingerprint density at radius 1 is 1.12 bits per heavy atom. The van der Waals surface area contributed by atoms with Crippen LogP contribution in [-0.2, 0) is 6.42 Å². The van der Waals surface area contributed by atoms with E-state index >= 15 is 0 Å². The number of hydrogen-bond donors (Lipinski definition) is 2. The fourth-order valence-electron chi connectivity index (χ4n) is 3.07. The van der Waals surface area contributed by atoms with Gasteiger partial charge in [-0.15, -0.1) is 5.10 Å². The van der Waals surface area contributed by atoms with Gasteiger partial charge >= 0.3 is 6.01 Å². The molecule has 0 radical (unpaired) electrons. The lowest BCUT2D eigenvalue weighted by molar-refractivity contribution is 0.331. The number of likely N-dealkylation sites (tertiary alicyclic amines) is 1. The molecular weight excluding hydrogens is 302 g/mol. The fraction of sp³-hybridized carbons (Fsp3) is 0.556. The summed E-state index contributed by atoms with van der Waals surface area (Å²) in [5, 5.41) is 11.3. The van der Waals surface area contributed by atoms with Gasteiger partial charge in [0.2, 0.25) is 5.89 Å². The molecule has 0 aliphatic carbocycles. The highest BCUT2D eigenvalue weighted by Crippen LogP contribution is 2.17. The molecule has 0 unspecified atom stereocenters. The Morgan fingerprint density at radius 3 is 2.71 bits per heavy atom. The van der Waals surface area contributed by atoms with Gasteiger partial charge < -0.3 is 20.4 Å². The molecule has 1 aliphatic heterocycles. The van der Waals surface area contributed by atoms with Crippen LogP contribution < -0.4 is 11.1 Å². The number of unbranched alkanes of at least 4 members (excludes halogenated alkanes) is 1. The monoisotopic (exact) mass is 329 g/mol. The predicted molar refractivity (Wildman–Crippen MR) is 94.8 cm³/mol. The molecule has 2 aromatic rings. The number of benzene rings is 1. The molecule has 3 N–H and O–H groups in total. The molecule has 3 rings (SSSR count). The second-order valence-corrected chi connectivity index (χ2v) is 6.42. The van der Waals surface area contributed by atoms with Gasteiger partial charge in [0, 0.05) is 6.54 Å². The largest absolute Gasteiger partial charge is 0.406 e. The average molecular weight is 329 g/mol. The van der Waals surface area contributed by atoms with Crippen LogP contribution in [0, 0.1) is 0 Å². The second kappa shape index (κ2) is 8.80. The summed E-state index contributed by atoms with van der Waals surface area (Å²) in [4.78, 5) is 2.54. The van der Waals surface area contributed by atoms with E-state index in [4.69, 9.17) is 10.2 Å². The second-order valence-electron chi connectivity index (χ2n) is 6.42. The topological polar surface area (TPSA) is 80.2 Å². The first-order chi connectivity index (χ1) is 11.8. The number of anilines is 1. The van der Waals surface area contributed by atoms with Gasteiger partial charge in [-0.1, -0.05) is 35.4 Å². The summed E-state index contributed by atoms with van der Waals surface area (Å²) in [5.41, 5.74) is 7.32. The maximum atomic E-state index is 6.16. The quantitative estimate of drug-likeness (QED) is 0.688. The van der Waals surface area contributed by atoms with Gasteiger partial charge in [0.05, 0.1) is 6.04 Å². The maximum Gasteiger partial charge on any atom is 0.315 e. The van der Waals surface area contributed by atoms with Gasteiger partial charge in [-0.25, -0.2) is 0 Å². The van der Waals surface area contributed by atoms with E-state index in [0.29, 0.717) is 18.3 Å². The molecule has 2 heterocycles. The first-order valence-electron chi connectivity index (χ1n) is 8.90. The standard InChI is InChI=1S/C18H27N5O/c19-16(14-15-8-2-1-3-9-15)17-21-22-18(24-17)20-10-4-5-11-23-12-6-7-13-23/h1-3,8-9,16H,4-7,10-14,19H2,(H,20,22)/t16-/m1/s1. The molecule has 1 fully saturated rings. The van der Waals surface area contributed by atoms with Crippen molar-refractivity contribution in [3.8, 4) is 0 Å². The van der Waals surface area contributed by atoms with E-state index in [2.05, 4.69) is 32.5 Å². The average Bonchev–Trinajstić information content (AvgIpc) is 3.27. The van der Waals surface area contributed by atoms with Gasteiger partial charge in [-0.05, 0) is 57.3 Å². The number of nitrogens with one attached hydrogen (secondary N) is 1. The van der Waals surface area contributed by atoms with Crippen molar-refractivity contribution < 1.29 is 4.42 Å². The van der Waals surface area contributed by atoms with Gasteiger partial charge in [0.15, 0.2) is 0 Å². The normalized spacial score (nSPS) is 16.4. The molecule has 0 spiro atoms. The van der Waals surface area contributed by atoms with E-state index in [-0.39, 0.29) is 6.04 Å². The van der Waals surface area contributed by atoms with Crippen molar-refractivity contribution in [2.75, 3.05) is 31.5 Å². The summed E-state index contributed by atoms with van der Waals surface area (Å²) in [6.07, 6.45) is 5.70. The first kappa shape index (κ1) is 16.9. The molecule has 24 heavy (non-hydrogen) atoms. The van der Waals surface area contributed by atoms with E-state index < -0.39 is 0 Å². The van der Waals surface area contributed by atoms with E-state index in [1.54, 1.807) is 0 Å². The molecule has 1 aliphatic rings. The molecule has 1 aromatic carbocycles. The van der Waals surface area contributed by atoms with Crippen LogP contribution in [0.15, 0.2) is 34.7 Å². The van der Waals surface area contributed by atoms with Crippen molar-refractivity contribution in [2.24, 2.45) is 5.73 Å². The summed E-state index contributed by atoms with van der Waals surface area (Å²) in [5.74, 6) is 0.485. The number of nitrogens with two attached hydrogens (primary N) is 1. The van der Waals surface area contributed by atoms with Crippen molar-refractivity contribution in [3.05, 3.63) is 41.8 Å². The van der Waals surface area contributed by atoms with Crippen LogP contribution in [0.1, 0.15) is 43.2 Å². The molecule has 130 valence electrons. The number of rotatable bonds is 9. The minimum atomic E-state index is -0.273. The Bertz CT molecular complexity index is 594. The molecule has 0 bridgehead atoms. The van der Waals surface area contributed by atoms with Crippen LogP contribution in [0.5, 0.6) is 0 Å². The minimum absolute atomic E-state index is 0.273. The van der Waals surface area contributed by atoms with Crippen molar-refractivity contribution in [1.82, 2.24) is 15.1 Å². The molecule has 6 nitrogen and oxygen atoms in total. The molecule has 1 atom stereocenters. The lowest BCUT2D eigenvalue weighted by Crippen LogP contribution is -2.20. The minimum Gasteiger partial charge on any atom is -0.406 e. The van der Waals surface area contributed by atoms with Crippen LogP contribution in [-0.4, -0.2) is 41.3 Å². The third kappa shape index (κ3) is 5.04. The highest BCUT2D eigenvalue weighted by Gasteiger charge is 2.15. The summed E-state index contributed by atoms with van der Waals surface area (Å²) in [6, 6.07) is 10.3. The van der Waals surface area contributed by atoms with Crippen LogP contribution in [0.4, 0.5) is 6.01 Å². The molecule has 6 heteroatoms. The van der Waals surface area contributed by atoms with Gasteiger partial charge in [-0.3, -0.25) is 0 Å². The Kier molecular flexibility index (Phi) is 6.20. The van der Waals surface area contributed by atoms with Crippen LogP contribution in [0.3, 0.4) is 0 Å². The van der Waals surface area contributed by atoms with Crippen LogP contribution >= 0.6 is 0 Å². The SMILES string of the molecule is N[C@H](Cc1ccccc1)c1nnc(NCCCCN2CCCC2)o1. The Balaban J connectivity index is 1.37. The highest BCUT2D eigenvalue weighted by atomic mass is 16.4. The summed E-state index contributed by atoms with van der Waals surface area (Å²) < 4.78 is 5.63.